The third-order valence-electron chi connectivity index (χ3n) is 3.59. The van der Waals surface area contributed by atoms with Gasteiger partial charge in [0.05, 0.1) is 6.10 Å². The molecule has 1 fully saturated rings. The predicted octanol–water partition coefficient (Wildman–Crippen LogP) is 1.61. The van der Waals surface area contributed by atoms with Crippen LogP contribution >= 0.6 is 0 Å². The van der Waals surface area contributed by atoms with Gasteiger partial charge in [-0.2, -0.15) is 0 Å². The maximum atomic E-state index is 9.38. The van der Waals surface area contributed by atoms with E-state index in [4.69, 9.17) is 0 Å². The molecule has 0 radical (unpaired) electrons. The fraction of sp³-hybridized carbons (Fsp3) is 1.00. The lowest BCUT2D eigenvalue weighted by molar-refractivity contribution is 0.153. The van der Waals surface area contributed by atoms with Crippen LogP contribution in [0.2, 0.25) is 0 Å². The summed E-state index contributed by atoms with van der Waals surface area (Å²) < 4.78 is 0. The standard InChI is InChI=1S/C13H28N2O/c1-3-13(16)11-14-8-6-10-15-9-5-4-7-12(15)2/h12-14,16H,3-11H2,1-2H3. The van der Waals surface area contributed by atoms with E-state index < -0.39 is 0 Å². The Morgan fingerprint density at radius 2 is 2.25 bits per heavy atom. The third kappa shape index (κ3) is 5.28. The summed E-state index contributed by atoms with van der Waals surface area (Å²) >= 11 is 0. The van der Waals surface area contributed by atoms with Gasteiger partial charge >= 0.3 is 0 Å². The van der Waals surface area contributed by atoms with E-state index in [-0.39, 0.29) is 6.10 Å². The quantitative estimate of drug-likeness (QED) is 0.650. The Bertz CT molecular complexity index is 175. The lowest BCUT2D eigenvalue weighted by Crippen LogP contribution is -2.39. The van der Waals surface area contributed by atoms with Crippen molar-refractivity contribution in [2.45, 2.75) is 58.1 Å². The van der Waals surface area contributed by atoms with E-state index in [1.54, 1.807) is 0 Å². The van der Waals surface area contributed by atoms with Crippen LogP contribution in [0.4, 0.5) is 0 Å². The van der Waals surface area contributed by atoms with Gasteiger partial charge in [0.15, 0.2) is 0 Å². The first-order valence-electron chi connectivity index (χ1n) is 6.87. The highest BCUT2D eigenvalue weighted by Crippen LogP contribution is 2.15. The van der Waals surface area contributed by atoms with E-state index in [9.17, 15) is 5.11 Å². The summed E-state index contributed by atoms with van der Waals surface area (Å²) in [6.07, 6.45) is 6.00. The van der Waals surface area contributed by atoms with Crippen molar-refractivity contribution in [1.82, 2.24) is 10.2 Å². The molecule has 2 atom stereocenters. The van der Waals surface area contributed by atoms with Gasteiger partial charge in [0.1, 0.15) is 0 Å². The summed E-state index contributed by atoms with van der Waals surface area (Å²) in [4.78, 5) is 2.60. The van der Waals surface area contributed by atoms with Crippen LogP contribution in [0.3, 0.4) is 0 Å². The number of hydrogen-bond acceptors (Lipinski definition) is 3. The second kappa shape index (κ2) is 8.04. The minimum atomic E-state index is -0.172. The van der Waals surface area contributed by atoms with Crippen molar-refractivity contribution in [3.63, 3.8) is 0 Å². The second-order valence-electron chi connectivity index (χ2n) is 5.00. The Morgan fingerprint density at radius 3 is 2.94 bits per heavy atom. The van der Waals surface area contributed by atoms with Gasteiger partial charge in [-0.1, -0.05) is 13.3 Å². The molecule has 1 rings (SSSR count). The number of nitrogens with one attached hydrogen (secondary N) is 1. The van der Waals surface area contributed by atoms with Crippen molar-refractivity contribution in [3.8, 4) is 0 Å². The summed E-state index contributed by atoms with van der Waals surface area (Å²) in [5.41, 5.74) is 0. The molecule has 1 aliphatic heterocycles. The van der Waals surface area contributed by atoms with E-state index in [2.05, 4.69) is 17.1 Å². The Kier molecular flexibility index (Phi) is 7.01. The number of nitrogens with zero attached hydrogens (tertiary/aromatic N) is 1. The molecule has 0 bridgehead atoms. The predicted molar refractivity (Wildman–Crippen MR) is 68.7 cm³/mol. The van der Waals surface area contributed by atoms with Crippen molar-refractivity contribution in [2.24, 2.45) is 0 Å². The second-order valence-corrected chi connectivity index (χ2v) is 5.00. The molecule has 1 aliphatic rings. The number of piperidine rings is 1. The Labute approximate surface area is 100 Å². The smallest absolute Gasteiger partial charge is 0.0662 e. The molecule has 0 aromatic rings. The Hall–Kier alpha value is -0.120. The number of rotatable bonds is 7. The van der Waals surface area contributed by atoms with E-state index in [0.29, 0.717) is 0 Å². The van der Waals surface area contributed by atoms with Crippen LogP contribution in [-0.4, -0.2) is 48.3 Å². The van der Waals surface area contributed by atoms with Gasteiger partial charge in [0.2, 0.25) is 0 Å². The maximum Gasteiger partial charge on any atom is 0.0662 e. The number of aliphatic hydroxyl groups excluding tert-OH is 1. The molecule has 0 saturated carbocycles. The highest BCUT2D eigenvalue weighted by atomic mass is 16.3. The summed E-state index contributed by atoms with van der Waals surface area (Å²) in [6, 6.07) is 0.773. The van der Waals surface area contributed by atoms with E-state index >= 15 is 0 Å². The Balaban J connectivity index is 1.97. The summed E-state index contributed by atoms with van der Waals surface area (Å²) in [5, 5.41) is 12.7. The van der Waals surface area contributed by atoms with Gasteiger partial charge in [0.25, 0.3) is 0 Å². The van der Waals surface area contributed by atoms with Gasteiger partial charge in [0, 0.05) is 12.6 Å². The van der Waals surface area contributed by atoms with Crippen LogP contribution in [0.25, 0.3) is 0 Å². The normalized spacial score (nSPS) is 24.6. The minimum absolute atomic E-state index is 0.172. The van der Waals surface area contributed by atoms with Crippen LogP contribution < -0.4 is 5.32 Å². The van der Waals surface area contributed by atoms with Crippen molar-refractivity contribution >= 4 is 0 Å². The van der Waals surface area contributed by atoms with Crippen molar-refractivity contribution in [3.05, 3.63) is 0 Å². The molecule has 3 nitrogen and oxygen atoms in total. The molecule has 2 unspecified atom stereocenters. The molecule has 0 aromatic heterocycles. The van der Waals surface area contributed by atoms with Crippen molar-refractivity contribution in [2.75, 3.05) is 26.2 Å². The number of aliphatic hydroxyl groups is 1. The molecule has 2 N–H and O–H groups in total. The highest BCUT2D eigenvalue weighted by molar-refractivity contribution is 4.73. The molecular weight excluding hydrogens is 200 g/mol. The monoisotopic (exact) mass is 228 g/mol. The molecule has 0 aliphatic carbocycles. The fourth-order valence-corrected chi connectivity index (χ4v) is 2.31. The molecule has 1 heterocycles. The van der Waals surface area contributed by atoms with Crippen molar-refractivity contribution < 1.29 is 5.11 Å². The van der Waals surface area contributed by atoms with Crippen LogP contribution in [0.5, 0.6) is 0 Å². The summed E-state index contributed by atoms with van der Waals surface area (Å²) in [5.74, 6) is 0. The first-order valence-corrected chi connectivity index (χ1v) is 6.87. The zero-order valence-corrected chi connectivity index (χ0v) is 10.9. The van der Waals surface area contributed by atoms with Gasteiger partial charge in [-0.3, -0.25) is 0 Å². The average molecular weight is 228 g/mol. The van der Waals surface area contributed by atoms with Crippen LogP contribution in [-0.2, 0) is 0 Å². The lowest BCUT2D eigenvalue weighted by Gasteiger charge is -2.33. The third-order valence-corrected chi connectivity index (χ3v) is 3.59. The van der Waals surface area contributed by atoms with Crippen LogP contribution in [0, 0.1) is 0 Å². The van der Waals surface area contributed by atoms with Crippen molar-refractivity contribution in [1.29, 1.82) is 0 Å². The van der Waals surface area contributed by atoms with E-state index in [1.807, 2.05) is 6.92 Å². The average Bonchev–Trinajstić information content (AvgIpc) is 2.30. The van der Waals surface area contributed by atoms with E-state index in [0.717, 1.165) is 25.6 Å². The number of likely N-dealkylation sites (tertiary alicyclic amines) is 1. The van der Waals surface area contributed by atoms with Crippen LogP contribution in [0.1, 0.15) is 46.0 Å². The topological polar surface area (TPSA) is 35.5 Å². The molecular formula is C13H28N2O. The zero-order valence-electron chi connectivity index (χ0n) is 10.9. The fourth-order valence-electron chi connectivity index (χ4n) is 2.31. The number of hydrogen-bond donors (Lipinski definition) is 2. The molecule has 0 aromatic carbocycles. The zero-order chi connectivity index (χ0) is 11.8. The molecule has 16 heavy (non-hydrogen) atoms. The maximum absolute atomic E-state index is 9.38. The molecule has 3 heteroatoms. The highest BCUT2D eigenvalue weighted by Gasteiger charge is 2.16. The first-order chi connectivity index (χ1) is 7.74. The summed E-state index contributed by atoms with van der Waals surface area (Å²) in [7, 11) is 0. The SMILES string of the molecule is CCC(O)CNCCCN1CCCCC1C. The van der Waals surface area contributed by atoms with Gasteiger partial charge in [-0.05, 0) is 52.2 Å². The minimum Gasteiger partial charge on any atom is -0.392 e. The molecule has 1 saturated heterocycles. The molecule has 96 valence electrons. The largest absolute Gasteiger partial charge is 0.392 e. The van der Waals surface area contributed by atoms with Crippen LogP contribution in [0.15, 0.2) is 0 Å². The lowest BCUT2D eigenvalue weighted by atomic mass is 10.0. The van der Waals surface area contributed by atoms with Gasteiger partial charge < -0.3 is 15.3 Å². The molecule has 0 spiro atoms. The van der Waals surface area contributed by atoms with E-state index in [1.165, 1.54) is 38.8 Å². The molecule has 0 amide bonds. The summed E-state index contributed by atoms with van der Waals surface area (Å²) in [6.45, 7) is 8.61. The Morgan fingerprint density at radius 1 is 1.44 bits per heavy atom. The van der Waals surface area contributed by atoms with Gasteiger partial charge in [-0.25, -0.2) is 0 Å². The van der Waals surface area contributed by atoms with Gasteiger partial charge in [-0.15, -0.1) is 0 Å². The first kappa shape index (κ1) is 13.9.